The molecule has 0 saturated carbocycles. The van der Waals surface area contributed by atoms with Crippen molar-refractivity contribution in [3.05, 3.63) is 69.2 Å². The van der Waals surface area contributed by atoms with Gasteiger partial charge < -0.3 is 0 Å². The number of rotatable bonds is 5. The quantitative estimate of drug-likeness (QED) is 0.574. The molecule has 2 aromatic rings. The van der Waals surface area contributed by atoms with Crippen LogP contribution < -0.4 is 0 Å². The standard InChI is InChI=1S/C17H18ClN3O4S/c18-16-6-1-2-7-17(16)26(24,25)20-10-8-19(9-11-20)13-14-4-3-5-15(12-14)21(22)23/h1-7,12H,8-11,13H2. The van der Waals surface area contributed by atoms with Gasteiger partial charge in [0.05, 0.1) is 9.95 Å². The van der Waals surface area contributed by atoms with E-state index in [2.05, 4.69) is 4.90 Å². The van der Waals surface area contributed by atoms with Gasteiger partial charge in [0.2, 0.25) is 10.0 Å². The third kappa shape index (κ3) is 4.04. The normalized spacial score (nSPS) is 16.5. The summed E-state index contributed by atoms with van der Waals surface area (Å²) in [5.41, 5.74) is 0.893. The highest BCUT2D eigenvalue weighted by atomic mass is 35.5. The second-order valence-electron chi connectivity index (χ2n) is 6.04. The maximum absolute atomic E-state index is 12.7. The molecule has 1 saturated heterocycles. The first-order valence-electron chi connectivity index (χ1n) is 8.08. The molecule has 0 atom stereocenters. The molecule has 26 heavy (non-hydrogen) atoms. The van der Waals surface area contributed by atoms with Gasteiger partial charge in [0.15, 0.2) is 0 Å². The molecule has 9 heteroatoms. The molecule has 0 bridgehead atoms. The zero-order valence-electron chi connectivity index (χ0n) is 13.9. The fourth-order valence-corrected chi connectivity index (χ4v) is 4.86. The Morgan fingerprint density at radius 1 is 1.04 bits per heavy atom. The molecule has 0 radical (unpaired) electrons. The molecule has 1 aliphatic rings. The molecule has 0 unspecified atom stereocenters. The number of nitro benzene ring substituents is 1. The van der Waals surface area contributed by atoms with Gasteiger partial charge in [0, 0.05) is 44.9 Å². The molecule has 1 heterocycles. The van der Waals surface area contributed by atoms with E-state index in [0.29, 0.717) is 32.7 Å². The van der Waals surface area contributed by atoms with Crippen molar-refractivity contribution in [3.8, 4) is 0 Å². The van der Waals surface area contributed by atoms with Crippen molar-refractivity contribution in [3.63, 3.8) is 0 Å². The van der Waals surface area contributed by atoms with Gasteiger partial charge in [-0.25, -0.2) is 8.42 Å². The average molecular weight is 396 g/mol. The lowest BCUT2D eigenvalue weighted by molar-refractivity contribution is -0.384. The summed E-state index contributed by atoms with van der Waals surface area (Å²) >= 11 is 6.03. The largest absolute Gasteiger partial charge is 0.296 e. The number of nitrogens with zero attached hydrogens (tertiary/aromatic N) is 3. The number of sulfonamides is 1. The lowest BCUT2D eigenvalue weighted by atomic mass is 10.2. The topological polar surface area (TPSA) is 83.8 Å². The fourth-order valence-electron chi connectivity index (χ4n) is 2.95. The Morgan fingerprint density at radius 3 is 2.38 bits per heavy atom. The number of nitro groups is 1. The van der Waals surface area contributed by atoms with Crippen LogP contribution >= 0.6 is 11.6 Å². The second kappa shape index (κ2) is 7.71. The van der Waals surface area contributed by atoms with Gasteiger partial charge in [-0.3, -0.25) is 15.0 Å². The summed E-state index contributed by atoms with van der Waals surface area (Å²) in [6.45, 7) is 2.34. The summed E-state index contributed by atoms with van der Waals surface area (Å²) in [5, 5.41) is 11.1. The van der Waals surface area contributed by atoms with Gasteiger partial charge in [0.25, 0.3) is 5.69 Å². The SMILES string of the molecule is O=[N+]([O-])c1cccc(CN2CCN(S(=O)(=O)c3ccccc3Cl)CC2)c1. The van der Waals surface area contributed by atoms with Gasteiger partial charge >= 0.3 is 0 Å². The van der Waals surface area contributed by atoms with Crippen LogP contribution in [0.15, 0.2) is 53.4 Å². The van der Waals surface area contributed by atoms with Crippen molar-refractivity contribution in [1.82, 2.24) is 9.21 Å². The molecule has 1 fully saturated rings. The second-order valence-corrected chi connectivity index (χ2v) is 8.35. The van der Waals surface area contributed by atoms with E-state index in [-0.39, 0.29) is 15.6 Å². The number of non-ortho nitro benzene ring substituents is 1. The Labute approximate surface area is 157 Å². The van der Waals surface area contributed by atoms with E-state index < -0.39 is 14.9 Å². The van der Waals surface area contributed by atoms with Crippen LogP contribution in [0.4, 0.5) is 5.69 Å². The van der Waals surface area contributed by atoms with Crippen LogP contribution in [0.5, 0.6) is 0 Å². The number of hydrogen-bond donors (Lipinski definition) is 0. The highest BCUT2D eigenvalue weighted by molar-refractivity contribution is 7.89. The van der Waals surface area contributed by atoms with Crippen molar-refractivity contribution in [1.29, 1.82) is 0 Å². The Balaban J connectivity index is 1.65. The minimum absolute atomic E-state index is 0.0578. The Bertz CT molecular complexity index is 912. The Hall–Kier alpha value is -2.00. The minimum Gasteiger partial charge on any atom is -0.296 e. The fraction of sp³-hybridized carbons (Fsp3) is 0.294. The van der Waals surface area contributed by atoms with Gasteiger partial charge in [-0.1, -0.05) is 35.9 Å². The van der Waals surface area contributed by atoms with Gasteiger partial charge in [-0.2, -0.15) is 4.31 Å². The van der Waals surface area contributed by atoms with E-state index in [0.717, 1.165) is 5.56 Å². The van der Waals surface area contributed by atoms with Crippen LogP contribution in [-0.4, -0.2) is 48.7 Å². The van der Waals surface area contributed by atoms with Crippen molar-refractivity contribution >= 4 is 27.3 Å². The highest BCUT2D eigenvalue weighted by Crippen LogP contribution is 2.25. The van der Waals surface area contributed by atoms with E-state index in [1.807, 2.05) is 6.07 Å². The summed E-state index contributed by atoms with van der Waals surface area (Å²) in [7, 11) is -3.62. The van der Waals surface area contributed by atoms with Crippen LogP contribution in [0.1, 0.15) is 5.56 Å². The van der Waals surface area contributed by atoms with Crippen LogP contribution in [0.25, 0.3) is 0 Å². The molecule has 138 valence electrons. The minimum atomic E-state index is -3.62. The highest BCUT2D eigenvalue weighted by Gasteiger charge is 2.29. The summed E-state index contributed by atoms with van der Waals surface area (Å²) in [6.07, 6.45) is 0. The van der Waals surface area contributed by atoms with Gasteiger partial charge in [-0.05, 0) is 17.7 Å². The monoisotopic (exact) mass is 395 g/mol. The third-order valence-electron chi connectivity index (χ3n) is 4.31. The molecule has 0 N–H and O–H groups in total. The molecule has 0 aromatic heterocycles. The summed E-state index contributed by atoms with van der Waals surface area (Å²) in [6, 6.07) is 12.9. The average Bonchev–Trinajstić information content (AvgIpc) is 2.62. The number of halogens is 1. The lowest BCUT2D eigenvalue weighted by Crippen LogP contribution is -2.48. The molecule has 0 spiro atoms. The predicted molar refractivity (Wildman–Crippen MR) is 98.6 cm³/mol. The van der Waals surface area contributed by atoms with E-state index in [1.54, 1.807) is 30.3 Å². The van der Waals surface area contributed by atoms with Gasteiger partial charge in [0.1, 0.15) is 4.90 Å². The molecular weight excluding hydrogens is 378 g/mol. The van der Waals surface area contributed by atoms with Gasteiger partial charge in [-0.15, -0.1) is 0 Å². The molecule has 0 aliphatic carbocycles. The van der Waals surface area contributed by atoms with Crippen LogP contribution in [0, 0.1) is 10.1 Å². The first-order valence-corrected chi connectivity index (χ1v) is 9.90. The predicted octanol–water partition coefficient (Wildman–Crippen LogP) is 2.75. The lowest BCUT2D eigenvalue weighted by Gasteiger charge is -2.34. The summed E-state index contributed by atoms with van der Waals surface area (Å²) < 4.78 is 26.9. The maximum Gasteiger partial charge on any atom is 0.269 e. The van der Waals surface area contributed by atoms with Crippen LogP contribution in [0.2, 0.25) is 5.02 Å². The number of benzene rings is 2. The summed E-state index contributed by atoms with van der Waals surface area (Å²) in [4.78, 5) is 12.7. The molecule has 0 amide bonds. The first kappa shape index (κ1) is 18.8. The maximum atomic E-state index is 12.7. The smallest absolute Gasteiger partial charge is 0.269 e. The number of hydrogen-bond acceptors (Lipinski definition) is 5. The van der Waals surface area contributed by atoms with E-state index >= 15 is 0 Å². The van der Waals surface area contributed by atoms with E-state index in [1.165, 1.54) is 16.4 Å². The van der Waals surface area contributed by atoms with Crippen molar-refractivity contribution in [2.75, 3.05) is 26.2 Å². The van der Waals surface area contributed by atoms with E-state index in [9.17, 15) is 18.5 Å². The molecule has 2 aromatic carbocycles. The van der Waals surface area contributed by atoms with Crippen molar-refractivity contribution < 1.29 is 13.3 Å². The Kier molecular flexibility index (Phi) is 5.57. The Morgan fingerprint density at radius 2 is 1.73 bits per heavy atom. The third-order valence-corrected chi connectivity index (χ3v) is 6.71. The van der Waals surface area contributed by atoms with Crippen molar-refractivity contribution in [2.24, 2.45) is 0 Å². The van der Waals surface area contributed by atoms with E-state index in [4.69, 9.17) is 11.6 Å². The zero-order valence-corrected chi connectivity index (χ0v) is 15.5. The molecular formula is C17H18ClN3O4S. The van der Waals surface area contributed by atoms with Crippen LogP contribution in [0.3, 0.4) is 0 Å². The molecule has 3 rings (SSSR count). The van der Waals surface area contributed by atoms with Crippen LogP contribution in [-0.2, 0) is 16.6 Å². The number of piperazine rings is 1. The molecule has 7 nitrogen and oxygen atoms in total. The molecule has 1 aliphatic heterocycles. The first-order chi connectivity index (χ1) is 12.4. The van der Waals surface area contributed by atoms with Crippen molar-refractivity contribution in [2.45, 2.75) is 11.4 Å². The zero-order chi connectivity index (χ0) is 18.7. The summed E-state index contributed by atoms with van der Waals surface area (Å²) in [5.74, 6) is 0.